The summed E-state index contributed by atoms with van der Waals surface area (Å²) in [6.07, 6.45) is 6.03. The predicted octanol–water partition coefficient (Wildman–Crippen LogP) is 2.50. The Hall–Kier alpha value is -0.630. The van der Waals surface area contributed by atoms with Crippen LogP contribution in [0.1, 0.15) is 33.6 Å². The first-order valence-electron chi connectivity index (χ1n) is 6.08. The standard InChI is InChI=1S/C13H23NO/c1-4-14-9-5-6-12(10-14)13(15)8-7-11(2)3/h7-8,11-12H,4-6,9-10H2,1-3H3/b8-7+. The van der Waals surface area contributed by atoms with Crippen LogP contribution in [0.5, 0.6) is 0 Å². The summed E-state index contributed by atoms with van der Waals surface area (Å²) >= 11 is 0. The van der Waals surface area contributed by atoms with Crippen LogP contribution in [0.15, 0.2) is 12.2 Å². The Balaban J connectivity index is 2.45. The Morgan fingerprint density at radius 3 is 2.87 bits per heavy atom. The van der Waals surface area contributed by atoms with Gasteiger partial charge in [0.15, 0.2) is 5.78 Å². The maximum absolute atomic E-state index is 11.9. The van der Waals surface area contributed by atoms with Crippen molar-refractivity contribution < 1.29 is 4.79 Å². The highest BCUT2D eigenvalue weighted by Gasteiger charge is 2.22. The molecule has 1 saturated heterocycles. The lowest BCUT2D eigenvalue weighted by molar-refractivity contribution is -0.119. The van der Waals surface area contributed by atoms with Crippen LogP contribution < -0.4 is 0 Å². The maximum atomic E-state index is 11.9. The average molecular weight is 209 g/mol. The number of carbonyl (C=O) groups is 1. The van der Waals surface area contributed by atoms with Crippen LogP contribution >= 0.6 is 0 Å². The lowest BCUT2D eigenvalue weighted by Crippen LogP contribution is -2.38. The minimum Gasteiger partial charge on any atom is -0.303 e. The van der Waals surface area contributed by atoms with E-state index in [0.29, 0.717) is 11.7 Å². The van der Waals surface area contributed by atoms with Gasteiger partial charge in [-0.15, -0.1) is 0 Å². The van der Waals surface area contributed by atoms with E-state index < -0.39 is 0 Å². The molecular formula is C13H23NO. The number of piperidine rings is 1. The van der Waals surface area contributed by atoms with E-state index in [2.05, 4.69) is 25.7 Å². The fourth-order valence-electron chi connectivity index (χ4n) is 2.00. The van der Waals surface area contributed by atoms with Gasteiger partial charge in [0.2, 0.25) is 0 Å². The Labute approximate surface area is 93.3 Å². The summed E-state index contributed by atoms with van der Waals surface area (Å²) in [5.41, 5.74) is 0. The molecule has 0 N–H and O–H groups in total. The van der Waals surface area contributed by atoms with Gasteiger partial charge in [0.1, 0.15) is 0 Å². The van der Waals surface area contributed by atoms with Gasteiger partial charge in [-0.3, -0.25) is 4.79 Å². The Morgan fingerprint density at radius 2 is 2.27 bits per heavy atom. The van der Waals surface area contributed by atoms with E-state index in [1.54, 1.807) is 6.08 Å². The van der Waals surface area contributed by atoms with Gasteiger partial charge in [-0.05, 0) is 37.9 Å². The van der Waals surface area contributed by atoms with Gasteiger partial charge in [-0.25, -0.2) is 0 Å². The smallest absolute Gasteiger partial charge is 0.159 e. The van der Waals surface area contributed by atoms with Crippen LogP contribution in [-0.4, -0.2) is 30.3 Å². The molecule has 15 heavy (non-hydrogen) atoms. The summed E-state index contributed by atoms with van der Waals surface area (Å²) in [4.78, 5) is 14.2. The van der Waals surface area contributed by atoms with Crippen molar-refractivity contribution in [3.8, 4) is 0 Å². The van der Waals surface area contributed by atoms with Crippen LogP contribution in [0.3, 0.4) is 0 Å². The van der Waals surface area contributed by atoms with Crippen LogP contribution in [0.25, 0.3) is 0 Å². The molecule has 1 aliphatic heterocycles. The second kappa shape index (κ2) is 6.06. The molecule has 0 aliphatic carbocycles. The highest BCUT2D eigenvalue weighted by molar-refractivity contribution is 5.91. The zero-order valence-corrected chi connectivity index (χ0v) is 10.2. The molecule has 0 aromatic carbocycles. The third kappa shape index (κ3) is 4.17. The van der Waals surface area contributed by atoms with Crippen molar-refractivity contribution in [1.82, 2.24) is 4.90 Å². The molecule has 2 heteroatoms. The molecule has 1 aliphatic rings. The van der Waals surface area contributed by atoms with Crippen LogP contribution in [0.2, 0.25) is 0 Å². The van der Waals surface area contributed by atoms with Crippen molar-refractivity contribution in [3.63, 3.8) is 0 Å². The van der Waals surface area contributed by atoms with Crippen molar-refractivity contribution in [1.29, 1.82) is 0 Å². The first-order valence-corrected chi connectivity index (χ1v) is 6.08. The monoisotopic (exact) mass is 209 g/mol. The highest BCUT2D eigenvalue weighted by Crippen LogP contribution is 2.17. The molecule has 0 bridgehead atoms. The average Bonchev–Trinajstić information content (AvgIpc) is 2.26. The molecule has 1 fully saturated rings. The van der Waals surface area contributed by atoms with E-state index >= 15 is 0 Å². The molecule has 1 heterocycles. The highest BCUT2D eigenvalue weighted by atomic mass is 16.1. The van der Waals surface area contributed by atoms with E-state index in [0.717, 1.165) is 26.1 Å². The minimum absolute atomic E-state index is 0.244. The lowest BCUT2D eigenvalue weighted by atomic mass is 9.93. The van der Waals surface area contributed by atoms with Crippen LogP contribution in [0, 0.1) is 11.8 Å². The van der Waals surface area contributed by atoms with Crippen LogP contribution in [-0.2, 0) is 4.79 Å². The van der Waals surface area contributed by atoms with Gasteiger partial charge in [0.25, 0.3) is 0 Å². The molecule has 0 saturated carbocycles. The topological polar surface area (TPSA) is 20.3 Å². The third-order valence-corrected chi connectivity index (χ3v) is 3.00. The predicted molar refractivity (Wildman–Crippen MR) is 63.8 cm³/mol. The normalized spacial score (nSPS) is 23.9. The van der Waals surface area contributed by atoms with Gasteiger partial charge in [-0.1, -0.05) is 26.8 Å². The summed E-state index contributed by atoms with van der Waals surface area (Å²) in [6, 6.07) is 0. The number of likely N-dealkylation sites (tertiary alicyclic amines) is 1. The fraction of sp³-hybridized carbons (Fsp3) is 0.769. The van der Waals surface area contributed by atoms with E-state index in [1.807, 2.05) is 6.08 Å². The number of nitrogens with zero attached hydrogens (tertiary/aromatic N) is 1. The van der Waals surface area contributed by atoms with Crippen molar-refractivity contribution in [3.05, 3.63) is 12.2 Å². The van der Waals surface area contributed by atoms with Gasteiger partial charge in [0, 0.05) is 12.5 Å². The number of allylic oxidation sites excluding steroid dienone is 2. The molecule has 0 aromatic heterocycles. The zero-order chi connectivity index (χ0) is 11.3. The van der Waals surface area contributed by atoms with E-state index in [-0.39, 0.29) is 5.92 Å². The molecular weight excluding hydrogens is 186 g/mol. The Morgan fingerprint density at radius 1 is 1.53 bits per heavy atom. The number of carbonyl (C=O) groups excluding carboxylic acids is 1. The van der Waals surface area contributed by atoms with Crippen molar-refractivity contribution in [2.75, 3.05) is 19.6 Å². The van der Waals surface area contributed by atoms with Gasteiger partial charge in [-0.2, -0.15) is 0 Å². The molecule has 1 atom stereocenters. The summed E-state index contributed by atoms with van der Waals surface area (Å²) in [7, 11) is 0. The molecule has 0 spiro atoms. The maximum Gasteiger partial charge on any atom is 0.159 e. The Kier molecular flexibility index (Phi) is 5.03. The van der Waals surface area contributed by atoms with Crippen LogP contribution in [0.4, 0.5) is 0 Å². The summed E-state index contributed by atoms with van der Waals surface area (Å²) in [6.45, 7) is 9.55. The Bertz CT molecular complexity index is 233. The van der Waals surface area contributed by atoms with Crippen molar-refractivity contribution >= 4 is 5.78 Å². The molecule has 86 valence electrons. The SMILES string of the molecule is CCN1CCCC(C(=O)/C=C/C(C)C)C1. The second-order valence-electron chi connectivity index (χ2n) is 4.74. The van der Waals surface area contributed by atoms with Crippen molar-refractivity contribution in [2.45, 2.75) is 33.6 Å². The van der Waals surface area contributed by atoms with Gasteiger partial charge in [0.05, 0.1) is 0 Å². The number of ketones is 1. The quantitative estimate of drug-likeness (QED) is 0.663. The number of hydrogen-bond donors (Lipinski definition) is 0. The minimum atomic E-state index is 0.244. The molecule has 1 unspecified atom stereocenters. The largest absolute Gasteiger partial charge is 0.303 e. The van der Waals surface area contributed by atoms with Gasteiger partial charge < -0.3 is 4.90 Å². The molecule has 2 nitrogen and oxygen atoms in total. The zero-order valence-electron chi connectivity index (χ0n) is 10.2. The van der Waals surface area contributed by atoms with E-state index in [4.69, 9.17) is 0 Å². The molecule has 0 radical (unpaired) electrons. The lowest BCUT2D eigenvalue weighted by Gasteiger charge is -2.30. The molecule has 1 rings (SSSR count). The molecule has 0 aromatic rings. The molecule has 0 amide bonds. The second-order valence-corrected chi connectivity index (χ2v) is 4.74. The first kappa shape index (κ1) is 12.4. The fourth-order valence-corrected chi connectivity index (χ4v) is 2.00. The number of hydrogen-bond acceptors (Lipinski definition) is 2. The van der Waals surface area contributed by atoms with Crippen molar-refractivity contribution in [2.24, 2.45) is 11.8 Å². The summed E-state index contributed by atoms with van der Waals surface area (Å²) in [5, 5.41) is 0. The summed E-state index contributed by atoms with van der Waals surface area (Å²) in [5.74, 6) is 1.04. The van der Waals surface area contributed by atoms with E-state index in [1.165, 1.54) is 6.42 Å². The first-order chi connectivity index (χ1) is 7.13. The third-order valence-electron chi connectivity index (χ3n) is 3.00. The number of rotatable bonds is 4. The summed E-state index contributed by atoms with van der Waals surface area (Å²) < 4.78 is 0. The van der Waals surface area contributed by atoms with E-state index in [9.17, 15) is 4.79 Å². The van der Waals surface area contributed by atoms with Gasteiger partial charge >= 0.3 is 0 Å².